The van der Waals surface area contributed by atoms with E-state index in [0.29, 0.717) is 18.9 Å². The number of hydrogen-bond acceptors (Lipinski definition) is 5. The predicted octanol–water partition coefficient (Wildman–Crippen LogP) is 2.55. The van der Waals surface area contributed by atoms with Crippen LogP contribution < -0.4 is 10.6 Å². The molecule has 0 saturated heterocycles. The Bertz CT molecular complexity index is 636. The second-order valence-corrected chi connectivity index (χ2v) is 9.90. The van der Waals surface area contributed by atoms with Crippen LogP contribution in [0.5, 0.6) is 0 Å². The number of rotatable bonds is 6. The molecule has 6 nitrogen and oxygen atoms in total. The predicted molar refractivity (Wildman–Crippen MR) is 113 cm³/mol. The van der Waals surface area contributed by atoms with Crippen LogP contribution in [-0.2, 0) is 21.8 Å². The zero-order valence-electron chi connectivity index (χ0n) is 15.2. The van der Waals surface area contributed by atoms with Gasteiger partial charge < -0.3 is 10.6 Å². The quantitative estimate of drug-likeness (QED) is 0.366. The molecule has 0 aliphatic rings. The van der Waals surface area contributed by atoms with Crippen molar-refractivity contribution in [2.45, 2.75) is 52.1 Å². The Morgan fingerprint density at radius 3 is 2.50 bits per heavy atom. The number of guanidine groups is 1. The molecule has 24 heavy (non-hydrogen) atoms. The van der Waals surface area contributed by atoms with Gasteiger partial charge in [0.25, 0.3) is 0 Å². The number of aromatic nitrogens is 1. The number of nitrogens with one attached hydrogen (secondary N) is 2. The van der Waals surface area contributed by atoms with E-state index >= 15 is 0 Å². The van der Waals surface area contributed by atoms with Crippen molar-refractivity contribution in [3.63, 3.8) is 0 Å². The van der Waals surface area contributed by atoms with E-state index in [-0.39, 0.29) is 41.2 Å². The summed E-state index contributed by atoms with van der Waals surface area (Å²) >= 11 is 1.66. The van der Waals surface area contributed by atoms with Gasteiger partial charge in [-0.25, -0.2) is 13.4 Å². The van der Waals surface area contributed by atoms with Crippen LogP contribution in [0, 0.1) is 0 Å². The second-order valence-electron chi connectivity index (χ2n) is 6.78. The van der Waals surface area contributed by atoms with E-state index < -0.39 is 9.84 Å². The number of thiazole rings is 1. The minimum atomic E-state index is -2.94. The van der Waals surface area contributed by atoms with Crippen molar-refractivity contribution in [1.82, 2.24) is 15.6 Å². The highest BCUT2D eigenvalue weighted by atomic mass is 127. The van der Waals surface area contributed by atoms with Crippen molar-refractivity contribution < 1.29 is 8.42 Å². The van der Waals surface area contributed by atoms with Crippen molar-refractivity contribution in [3.05, 3.63) is 16.1 Å². The molecule has 0 aromatic carbocycles. The van der Waals surface area contributed by atoms with E-state index in [0.717, 1.165) is 10.7 Å². The maximum atomic E-state index is 11.2. The van der Waals surface area contributed by atoms with Gasteiger partial charge in [-0.2, -0.15) is 0 Å². The van der Waals surface area contributed by atoms with E-state index in [1.165, 1.54) is 6.26 Å². The van der Waals surface area contributed by atoms with Crippen molar-refractivity contribution >= 4 is 51.1 Å². The van der Waals surface area contributed by atoms with Crippen molar-refractivity contribution in [1.29, 1.82) is 0 Å². The molecule has 9 heteroatoms. The summed E-state index contributed by atoms with van der Waals surface area (Å²) in [5, 5.41) is 9.57. The van der Waals surface area contributed by atoms with E-state index in [9.17, 15) is 8.42 Å². The highest BCUT2D eigenvalue weighted by Crippen LogP contribution is 2.25. The third kappa shape index (κ3) is 9.16. The lowest BCUT2D eigenvalue weighted by molar-refractivity contribution is 0.578. The molecule has 0 aliphatic carbocycles. The molecule has 0 radical (unpaired) electrons. The van der Waals surface area contributed by atoms with Crippen LogP contribution in [0.25, 0.3) is 0 Å². The van der Waals surface area contributed by atoms with Gasteiger partial charge in [-0.15, -0.1) is 35.3 Å². The van der Waals surface area contributed by atoms with Gasteiger partial charge in [0.1, 0.15) is 9.84 Å². The number of aliphatic imine (C=N–C) groups is 1. The summed E-state index contributed by atoms with van der Waals surface area (Å²) in [6, 6.07) is 0.0245. The van der Waals surface area contributed by atoms with Gasteiger partial charge in [0.15, 0.2) is 5.96 Å². The number of halogens is 1. The molecule has 1 heterocycles. The summed E-state index contributed by atoms with van der Waals surface area (Å²) < 4.78 is 22.4. The largest absolute Gasteiger partial charge is 0.354 e. The molecule has 0 spiro atoms. The van der Waals surface area contributed by atoms with Crippen molar-refractivity contribution in [2.24, 2.45) is 4.99 Å². The molecule has 1 aromatic heterocycles. The fourth-order valence-electron chi connectivity index (χ4n) is 1.80. The van der Waals surface area contributed by atoms with E-state index in [2.05, 4.69) is 41.4 Å². The van der Waals surface area contributed by atoms with Gasteiger partial charge in [0.05, 0.1) is 23.0 Å². The SMILES string of the molecule is CN=C(NCc1csc(C(C)(C)C)n1)NC(C)CCS(C)(=O)=O.I. The topological polar surface area (TPSA) is 83.4 Å². The highest BCUT2D eigenvalue weighted by molar-refractivity contribution is 14.0. The number of nitrogens with zero attached hydrogens (tertiary/aromatic N) is 2. The van der Waals surface area contributed by atoms with Crippen LogP contribution in [0.15, 0.2) is 10.4 Å². The molecule has 1 atom stereocenters. The van der Waals surface area contributed by atoms with Crippen LogP contribution in [0.2, 0.25) is 0 Å². The highest BCUT2D eigenvalue weighted by Gasteiger charge is 2.18. The zero-order chi connectivity index (χ0) is 17.7. The maximum Gasteiger partial charge on any atom is 0.191 e. The number of hydrogen-bond donors (Lipinski definition) is 2. The summed E-state index contributed by atoms with van der Waals surface area (Å²) in [5.41, 5.74) is 1.04. The van der Waals surface area contributed by atoms with E-state index in [1.807, 2.05) is 12.3 Å². The van der Waals surface area contributed by atoms with Crippen molar-refractivity contribution in [2.75, 3.05) is 19.1 Å². The molecule has 0 amide bonds. The molecule has 1 aromatic rings. The van der Waals surface area contributed by atoms with E-state index in [1.54, 1.807) is 18.4 Å². The Morgan fingerprint density at radius 1 is 1.42 bits per heavy atom. The van der Waals surface area contributed by atoms with Gasteiger partial charge >= 0.3 is 0 Å². The molecule has 140 valence electrons. The fraction of sp³-hybridized carbons (Fsp3) is 0.733. The van der Waals surface area contributed by atoms with Crippen LogP contribution in [0.1, 0.15) is 44.8 Å². The molecule has 0 saturated carbocycles. The van der Waals surface area contributed by atoms with Crippen LogP contribution >= 0.6 is 35.3 Å². The summed E-state index contributed by atoms with van der Waals surface area (Å²) in [4.78, 5) is 8.79. The average Bonchev–Trinajstić information content (AvgIpc) is 2.89. The smallest absolute Gasteiger partial charge is 0.191 e. The first kappa shape index (κ1) is 23.6. The van der Waals surface area contributed by atoms with E-state index in [4.69, 9.17) is 0 Å². The van der Waals surface area contributed by atoms with Crippen LogP contribution in [0.3, 0.4) is 0 Å². The standard InChI is InChI=1S/C15H28N4O2S2.HI/c1-11(7-8-23(6,20)21)18-14(16-5)17-9-12-10-22-13(19-12)15(2,3)4;/h10-11H,7-9H2,1-6H3,(H2,16,17,18);1H. The minimum absolute atomic E-state index is 0. The van der Waals surface area contributed by atoms with Gasteiger partial charge in [-0.3, -0.25) is 4.99 Å². The molecular formula is C15H29IN4O2S2. The first-order chi connectivity index (χ1) is 10.5. The minimum Gasteiger partial charge on any atom is -0.354 e. The Balaban J connectivity index is 0.00000529. The second kappa shape index (κ2) is 9.91. The first-order valence-electron chi connectivity index (χ1n) is 7.61. The molecule has 0 aliphatic heterocycles. The molecule has 0 bridgehead atoms. The fourth-order valence-corrected chi connectivity index (χ4v) is 3.49. The van der Waals surface area contributed by atoms with Crippen LogP contribution in [-0.4, -0.2) is 44.5 Å². The molecular weight excluding hydrogens is 459 g/mol. The molecule has 2 N–H and O–H groups in total. The molecule has 0 fully saturated rings. The van der Waals surface area contributed by atoms with Crippen molar-refractivity contribution in [3.8, 4) is 0 Å². The first-order valence-corrected chi connectivity index (χ1v) is 10.5. The Hall–Kier alpha value is -0.420. The Labute approximate surface area is 166 Å². The third-order valence-corrected chi connectivity index (χ3v) is 5.45. The molecule has 1 unspecified atom stereocenters. The summed E-state index contributed by atoms with van der Waals surface area (Å²) in [5.74, 6) is 0.815. The van der Waals surface area contributed by atoms with Crippen LogP contribution in [0.4, 0.5) is 0 Å². The third-order valence-electron chi connectivity index (χ3n) is 3.16. The van der Waals surface area contributed by atoms with Gasteiger partial charge in [0, 0.05) is 30.1 Å². The normalized spacial score (nSPS) is 14.0. The monoisotopic (exact) mass is 488 g/mol. The maximum absolute atomic E-state index is 11.2. The Morgan fingerprint density at radius 2 is 2.04 bits per heavy atom. The molecule has 1 rings (SSSR count). The Kier molecular flexibility index (Phi) is 9.73. The average molecular weight is 488 g/mol. The summed E-state index contributed by atoms with van der Waals surface area (Å²) in [6.45, 7) is 8.97. The summed E-state index contributed by atoms with van der Waals surface area (Å²) in [6.07, 6.45) is 1.80. The summed E-state index contributed by atoms with van der Waals surface area (Å²) in [7, 11) is -1.24. The lowest BCUT2D eigenvalue weighted by Gasteiger charge is -2.17. The van der Waals surface area contributed by atoms with Gasteiger partial charge in [-0.1, -0.05) is 20.8 Å². The lowest BCUT2D eigenvalue weighted by atomic mass is 9.98. The number of sulfone groups is 1. The zero-order valence-corrected chi connectivity index (χ0v) is 19.2. The van der Waals surface area contributed by atoms with Gasteiger partial charge in [0.2, 0.25) is 0 Å². The lowest BCUT2D eigenvalue weighted by Crippen LogP contribution is -2.42. The van der Waals surface area contributed by atoms with Gasteiger partial charge in [-0.05, 0) is 13.3 Å².